The maximum atomic E-state index is 12.8. The smallest absolute Gasteiger partial charge is 0.414 e. The van der Waals surface area contributed by atoms with Crippen LogP contribution in [-0.4, -0.2) is 65.9 Å². The maximum absolute atomic E-state index is 12.8. The fourth-order valence-electron chi connectivity index (χ4n) is 6.43. The molecule has 2 saturated heterocycles. The van der Waals surface area contributed by atoms with Crippen LogP contribution in [0.25, 0.3) is 10.9 Å². The van der Waals surface area contributed by atoms with Crippen molar-refractivity contribution in [3.8, 4) is 0 Å². The van der Waals surface area contributed by atoms with Crippen LogP contribution in [0.1, 0.15) is 70.8 Å². The number of primary amides is 1. The van der Waals surface area contributed by atoms with Gasteiger partial charge in [0.2, 0.25) is 5.91 Å². The topological polar surface area (TPSA) is 109 Å². The molecule has 1 aromatic heterocycles. The number of aliphatic hydroxyl groups excluding tert-OH is 1. The number of aliphatic hydroxyl groups is 1. The molecule has 39 heavy (non-hydrogen) atoms. The van der Waals surface area contributed by atoms with Crippen LogP contribution >= 0.6 is 0 Å². The first-order chi connectivity index (χ1) is 19.0. The number of benzene rings is 2. The van der Waals surface area contributed by atoms with Gasteiger partial charge >= 0.3 is 6.09 Å². The maximum Gasteiger partial charge on any atom is 0.414 e. The number of pyridine rings is 1. The zero-order chi connectivity index (χ0) is 26.9. The molecule has 1 atom stereocenters. The van der Waals surface area contributed by atoms with Gasteiger partial charge in [0.05, 0.1) is 18.2 Å². The second-order valence-electron chi connectivity index (χ2n) is 11.0. The quantitative estimate of drug-likeness (QED) is 0.477. The highest BCUT2D eigenvalue weighted by Gasteiger charge is 2.28. The lowest BCUT2D eigenvalue weighted by Gasteiger charge is -2.31. The van der Waals surface area contributed by atoms with Gasteiger partial charge in [0.1, 0.15) is 6.61 Å². The van der Waals surface area contributed by atoms with Crippen LogP contribution in [-0.2, 0) is 17.6 Å². The molecule has 3 N–H and O–H groups in total. The number of cyclic esters (lactones) is 1. The second-order valence-corrected chi connectivity index (χ2v) is 11.0. The molecule has 2 amide bonds. The number of aromatic nitrogens is 1. The first kappa shape index (κ1) is 25.8. The summed E-state index contributed by atoms with van der Waals surface area (Å²) < 4.78 is 5.12. The third-order valence-corrected chi connectivity index (χ3v) is 8.59. The lowest BCUT2D eigenvalue weighted by atomic mass is 9.82. The molecule has 3 aromatic rings. The summed E-state index contributed by atoms with van der Waals surface area (Å²) in [6.07, 6.45) is 6.09. The number of anilines is 1. The van der Waals surface area contributed by atoms with Crippen molar-refractivity contribution in [1.29, 1.82) is 0 Å². The Hall–Kier alpha value is -3.49. The van der Waals surface area contributed by atoms with Gasteiger partial charge in [0, 0.05) is 41.3 Å². The SMILES string of the molecule is NC(=O)c1ccc2nc3c(cc2c1[C@H](CCN1CCC(O)CC1)c1ccc(N2CCOC2=O)cc1)CCCC3. The fourth-order valence-corrected chi connectivity index (χ4v) is 6.43. The van der Waals surface area contributed by atoms with Gasteiger partial charge < -0.3 is 20.5 Å². The minimum atomic E-state index is -0.438. The van der Waals surface area contributed by atoms with E-state index in [9.17, 15) is 14.7 Å². The molecule has 204 valence electrons. The summed E-state index contributed by atoms with van der Waals surface area (Å²) >= 11 is 0. The predicted molar refractivity (Wildman–Crippen MR) is 150 cm³/mol. The summed E-state index contributed by atoms with van der Waals surface area (Å²) in [7, 11) is 0. The Labute approximate surface area is 228 Å². The first-order valence-corrected chi connectivity index (χ1v) is 14.2. The van der Waals surface area contributed by atoms with Gasteiger partial charge in [-0.05, 0) is 98.5 Å². The molecular weight excluding hydrogens is 492 g/mol. The molecule has 1 aliphatic carbocycles. The van der Waals surface area contributed by atoms with Gasteiger partial charge in [-0.2, -0.15) is 0 Å². The Morgan fingerprint density at radius 3 is 2.56 bits per heavy atom. The Balaban J connectivity index is 1.43. The third kappa shape index (κ3) is 5.23. The summed E-state index contributed by atoms with van der Waals surface area (Å²) in [4.78, 5) is 34.0. The van der Waals surface area contributed by atoms with Crippen LogP contribution < -0.4 is 10.6 Å². The van der Waals surface area contributed by atoms with E-state index >= 15 is 0 Å². The van der Waals surface area contributed by atoms with E-state index in [-0.39, 0.29) is 18.1 Å². The van der Waals surface area contributed by atoms with Crippen molar-refractivity contribution in [3.05, 3.63) is 70.4 Å². The van der Waals surface area contributed by atoms with E-state index in [0.29, 0.717) is 18.7 Å². The number of rotatable bonds is 7. The second kappa shape index (κ2) is 10.9. The summed E-state index contributed by atoms with van der Waals surface area (Å²) in [5.41, 5.74) is 12.6. The Morgan fingerprint density at radius 2 is 1.85 bits per heavy atom. The molecule has 2 aromatic carbocycles. The van der Waals surface area contributed by atoms with Gasteiger partial charge in [-0.1, -0.05) is 12.1 Å². The molecule has 0 unspecified atom stereocenters. The molecule has 0 saturated carbocycles. The van der Waals surface area contributed by atoms with E-state index in [2.05, 4.69) is 23.1 Å². The molecule has 0 radical (unpaired) electrons. The lowest BCUT2D eigenvalue weighted by Crippen LogP contribution is -2.37. The molecule has 3 aliphatic rings. The van der Waals surface area contributed by atoms with Crippen molar-refractivity contribution in [2.75, 3.05) is 37.7 Å². The van der Waals surface area contributed by atoms with Gasteiger partial charge in [-0.15, -0.1) is 0 Å². The van der Waals surface area contributed by atoms with Gasteiger partial charge in [-0.3, -0.25) is 14.7 Å². The summed E-state index contributed by atoms with van der Waals surface area (Å²) in [5, 5.41) is 11.0. The van der Waals surface area contributed by atoms with Crippen LogP contribution in [0.2, 0.25) is 0 Å². The number of fused-ring (bicyclic) bond motifs is 2. The van der Waals surface area contributed by atoms with Crippen LogP contribution in [0, 0.1) is 0 Å². The van der Waals surface area contributed by atoms with Crippen LogP contribution in [0.5, 0.6) is 0 Å². The van der Waals surface area contributed by atoms with E-state index in [1.54, 1.807) is 4.90 Å². The summed E-state index contributed by atoms with van der Waals surface area (Å²) in [6.45, 7) is 3.48. The summed E-state index contributed by atoms with van der Waals surface area (Å²) in [6, 6.07) is 14.0. The normalized spacial score (nSPS) is 19.2. The molecule has 0 bridgehead atoms. The first-order valence-electron chi connectivity index (χ1n) is 14.2. The largest absolute Gasteiger partial charge is 0.447 e. The monoisotopic (exact) mass is 528 g/mol. The van der Waals surface area contributed by atoms with Crippen molar-refractivity contribution in [2.45, 2.75) is 57.0 Å². The molecule has 8 heteroatoms. The lowest BCUT2D eigenvalue weighted by molar-refractivity contribution is 0.0815. The van der Waals surface area contributed by atoms with Gasteiger partial charge in [-0.25, -0.2) is 4.79 Å². The molecule has 8 nitrogen and oxygen atoms in total. The van der Waals surface area contributed by atoms with Crippen LogP contribution in [0.3, 0.4) is 0 Å². The number of nitrogens with zero attached hydrogens (tertiary/aromatic N) is 3. The average molecular weight is 529 g/mol. The third-order valence-electron chi connectivity index (χ3n) is 8.59. The standard InChI is InChI=1S/C31H36N4O4/c32-30(37)25-9-10-28-26(19-21-3-1-2-4-27(21)33-28)29(25)24(13-16-34-14-11-23(36)12-15-34)20-5-7-22(8-6-20)35-17-18-39-31(35)38/h5-10,19,23-24,36H,1-4,11-18H2,(H2,32,37)/t24-/m1/s1. The number of nitrogens with two attached hydrogens (primary N) is 1. The average Bonchev–Trinajstić information content (AvgIpc) is 3.39. The number of hydrogen-bond donors (Lipinski definition) is 2. The highest BCUT2D eigenvalue weighted by Crippen LogP contribution is 2.38. The Kier molecular flexibility index (Phi) is 7.23. The minimum absolute atomic E-state index is 0.0916. The van der Waals surface area contributed by atoms with Crippen molar-refractivity contribution in [2.24, 2.45) is 5.73 Å². The molecule has 2 fully saturated rings. The van der Waals surface area contributed by atoms with Crippen molar-refractivity contribution in [1.82, 2.24) is 9.88 Å². The minimum Gasteiger partial charge on any atom is -0.447 e. The van der Waals surface area contributed by atoms with Crippen molar-refractivity contribution in [3.63, 3.8) is 0 Å². The Morgan fingerprint density at radius 1 is 1.08 bits per heavy atom. The fraction of sp³-hybridized carbons (Fsp3) is 0.452. The number of likely N-dealkylation sites (tertiary alicyclic amines) is 1. The van der Waals surface area contributed by atoms with E-state index in [4.69, 9.17) is 15.5 Å². The van der Waals surface area contributed by atoms with Crippen LogP contribution in [0.4, 0.5) is 10.5 Å². The zero-order valence-corrected chi connectivity index (χ0v) is 22.3. The Bertz CT molecular complexity index is 1380. The highest BCUT2D eigenvalue weighted by atomic mass is 16.6. The molecule has 0 spiro atoms. The van der Waals surface area contributed by atoms with E-state index in [0.717, 1.165) is 98.0 Å². The molecule has 3 heterocycles. The number of ether oxygens (including phenoxy) is 1. The number of carbonyl (C=O) groups excluding carboxylic acids is 2. The van der Waals surface area contributed by atoms with E-state index < -0.39 is 5.91 Å². The predicted octanol–water partition coefficient (Wildman–Crippen LogP) is 4.15. The van der Waals surface area contributed by atoms with Crippen molar-refractivity contribution < 1.29 is 19.4 Å². The van der Waals surface area contributed by atoms with E-state index in [1.807, 2.05) is 24.3 Å². The van der Waals surface area contributed by atoms with Gasteiger partial charge in [0.25, 0.3) is 0 Å². The molecular formula is C31H36N4O4. The molecule has 2 aliphatic heterocycles. The number of carbonyl (C=O) groups is 2. The number of hydrogen-bond acceptors (Lipinski definition) is 6. The number of amides is 2. The molecule has 6 rings (SSSR count). The number of piperidine rings is 1. The highest BCUT2D eigenvalue weighted by molar-refractivity contribution is 6.01. The van der Waals surface area contributed by atoms with Crippen LogP contribution in [0.15, 0.2) is 42.5 Å². The van der Waals surface area contributed by atoms with Crippen molar-refractivity contribution >= 4 is 28.6 Å². The number of aryl methyl sites for hydroxylation is 2. The zero-order valence-electron chi connectivity index (χ0n) is 22.3. The summed E-state index contributed by atoms with van der Waals surface area (Å²) in [5.74, 6) is -0.529. The van der Waals surface area contributed by atoms with Gasteiger partial charge in [0.15, 0.2) is 0 Å². The van der Waals surface area contributed by atoms with E-state index in [1.165, 1.54) is 5.56 Å².